The fraction of sp³-hybridized carbons (Fsp3) is 0.350. The van der Waals surface area contributed by atoms with Gasteiger partial charge in [-0.05, 0) is 25.1 Å². The minimum Gasteiger partial charge on any atom is -0.494 e. The van der Waals surface area contributed by atoms with Crippen LogP contribution in [0.2, 0.25) is 0 Å². The van der Waals surface area contributed by atoms with Crippen molar-refractivity contribution in [2.24, 2.45) is 0 Å². The van der Waals surface area contributed by atoms with Gasteiger partial charge in [-0.1, -0.05) is 30.3 Å². The summed E-state index contributed by atoms with van der Waals surface area (Å²) < 4.78 is 7.18. The molecule has 1 atom stereocenters. The van der Waals surface area contributed by atoms with Crippen LogP contribution in [0.4, 0.5) is 0 Å². The summed E-state index contributed by atoms with van der Waals surface area (Å²) in [5, 5.41) is 4.60. The van der Waals surface area contributed by atoms with Crippen LogP contribution in [0.15, 0.2) is 48.5 Å². The van der Waals surface area contributed by atoms with Gasteiger partial charge in [0, 0.05) is 31.7 Å². The Morgan fingerprint density at radius 1 is 1.12 bits per heavy atom. The van der Waals surface area contributed by atoms with Crippen molar-refractivity contribution in [2.45, 2.75) is 13.0 Å². The largest absolute Gasteiger partial charge is 0.494 e. The molecular weight excluding hydrogens is 330 g/mol. The number of ether oxygens (including phenoxy) is 1. The summed E-state index contributed by atoms with van der Waals surface area (Å²) in [7, 11) is 0. The Bertz CT molecular complexity index is 809. The second-order valence-corrected chi connectivity index (χ2v) is 7.24. The van der Waals surface area contributed by atoms with Crippen molar-refractivity contribution < 1.29 is 4.74 Å². The lowest BCUT2D eigenvalue weighted by Crippen LogP contribution is -2.45. The molecule has 0 amide bonds. The quantitative estimate of drug-likeness (QED) is 0.759. The van der Waals surface area contributed by atoms with Gasteiger partial charge < -0.3 is 10.1 Å². The Morgan fingerprint density at radius 2 is 1.88 bits per heavy atom. The number of thiazole rings is 1. The van der Waals surface area contributed by atoms with E-state index in [1.54, 1.807) is 11.3 Å². The zero-order valence-corrected chi connectivity index (χ0v) is 15.3. The van der Waals surface area contributed by atoms with Gasteiger partial charge in [-0.25, -0.2) is 4.98 Å². The van der Waals surface area contributed by atoms with Crippen LogP contribution < -0.4 is 10.1 Å². The van der Waals surface area contributed by atoms with E-state index in [0.29, 0.717) is 6.61 Å². The Morgan fingerprint density at radius 3 is 2.68 bits per heavy atom. The van der Waals surface area contributed by atoms with E-state index < -0.39 is 0 Å². The summed E-state index contributed by atoms with van der Waals surface area (Å²) in [6.45, 7) is 6.76. The van der Waals surface area contributed by atoms with E-state index in [-0.39, 0.29) is 6.04 Å². The van der Waals surface area contributed by atoms with Crippen LogP contribution >= 0.6 is 11.3 Å². The number of piperazine rings is 1. The van der Waals surface area contributed by atoms with E-state index >= 15 is 0 Å². The van der Waals surface area contributed by atoms with Gasteiger partial charge in [0.05, 0.1) is 22.9 Å². The molecule has 1 unspecified atom stereocenters. The summed E-state index contributed by atoms with van der Waals surface area (Å²) in [4.78, 5) is 7.49. The molecule has 0 radical (unpaired) electrons. The molecule has 4 nitrogen and oxygen atoms in total. The van der Waals surface area contributed by atoms with Crippen LogP contribution in [-0.2, 0) is 0 Å². The number of nitrogens with one attached hydrogen (secondary N) is 1. The minimum absolute atomic E-state index is 0.141. The molecule has 25 heavy (non-hydrogen) atoms. The molecule has 1 aromatic heterocycles. The summed E-state index contributed by atoms with van der Waals surface area (Å²) in [6, 6.07) is 16.9. The number of hydrogen-bond donors (Lipinski definition) is 1. The van der Waals surface area contributed by atoms with Crippen LogP contribution in [0.25, 0.3) is 10.2 Å². The molecule has 3 aromatic rings. The third kappa shape index (κ3) is 3.40. The van der Waals surface area contributed by atoms with Crippen LogP contribution in [0.5, 0.6) is 5.75 Å². The van der Waals surface area contributed by atoms with E-state index in [0.717, 1.165) is 42.5 Å². The molecule has 0 saturated carbocycles. The summed E-state index contributed by atoms with van der Waals surface area (Å²) in [6.07, 6.45) is 0. The molecule has 1 N–H and O–H groups in total. The predicted molar refractivity (Wildman–Crippen MR) is 104 cm³/mol. The lowest BCUT2D eigenvalue weighted by Gasteiger charge is -2.34. The SMILES string of the molecule is CCOc1ccccc1C(c1nc2ccccc2s1)N1CCNCC1. The van der Waals surface area contributed by atoms with Gasteiger partial charge in [0.15, 0.2) is 0 Å². The molecule has 2 aromatic carbocycles. The maximum atomic E-state index is 5.94. The molecule has 1 aliphatic heterocycles. The van der Waals surface area contributed by atoms with E-state index in [1.165, 1.54) is 10.3 Å². The monoisotopic (exact) mass is 353 g/mol. The number of fused-ring (bicyclic) bond motifs is 1. The summed E-state index contributed by atoms with van der Waals surface area (Å²) >= 11 is 1.79. The van der Waals surface area contributed by atoms with E-state index in [9.17, 15) is 0 Å². The van der Waals surface area contributed by atoms with Crippen molar-refractivity contribution in [3.05, 3.63) is 59.1 Å². The topological polar surface area (TPSA) is 37.4 Å². The average Bonchev–Trinajstić information content (AvgIpc) is 3.08. The van der Waals surface area contributed by atoms with Gasteiger partial charge in [-0.3, -0.25) is 4.90 Å². The number of hydrogen-bond acceptors (Lipinski definition) is 5. The minimum atomic E-state index is 0.141. The number of aromatic nitrogens is 1. The van der Waals surface area contributed by atoms with Gasteiger partial charge >= 0.3 is 0 Å². The molecule has 2 heterocycles. The molecular formula is C20H23N3OS. The highest BCUT2D eigenvalue weighted by Crippen LogP contribution is 2.38. The Balaban J connectivity index is 1.81. The molecule has 130 valence electrons. The molecule has 1 fully saturated rings. The Kier molecular flexibility index (Phi) is 4.97. The van der Waals surface area contributed by atoms with Gasteiger partial charge in [-0.15, -0.1) is 11.3 Å². The fourth-order valence-corrected chi connectivity index (χ4v) is 4.55. The highest BCUT2D eigenvalue weighted by Gasteiger charge is 2.29. The predicted octanol–water partition coefficient (Wildman–Crippen LogP) is 3.69. The smallest absolute Gasteiger partial charge is 0.124 e. The van der Waals surface area contributed by atoms with Gasteiger partial charge in [0.2, 0.25) is 0 Å². The maximum Gasteiger partial charge on any atom is 0.124 e. The molecule has 0 aliphatic carbocycles. The lowest BCUT2D eigenvalue weighted by molar-refractivity contribution is 0.194. The molecule has 4 rings (SSSR count). The van der Waals surface area contributed by atoms with Crippen LogP contribution in [0, 0.1) is 0 Å². The summed E-state index contributed by atoms with van der Waals surface area (Å²) in [5.74, 6) is 0.966. The van der Waals surface area contributed by atoms with Crippen molar-refractivity contribution in [1.82, 2.24) is 15.2 Å². The third-order valence-corrected chi connectivity index (χ3v) is 5.66. The average molecular weight is 353 g/mol. The van der Waals surface area contributed by atoms with Crippen LogP contribution in [0.3, 0.4) is 0 Å². The molecule has 0 bridgehead atoms. The number of para-hydroxylation sites is 2. The first-order valence-corrected chi connectivity index (χ1v) is 9.70. The zero-order chi connectivity index (χ0) is 17.1. The van der Waals surface area contributed by atoms with Gasteiger partial charge in [-0.2, -0.15) is 0 Å². The number of rotatable bonds is 5. The molecule has 0 spiro atoms. The van der Waals surface area contributed by atoms with Crippen molar-refractivity contribution in [2.75, 3.05) is 32.8 Å². The first-order chi connectivity index (χ1) is 12.4. The standard InChI is InChI=1S/C20H23N3OS/c1-2-24-17-9-5-3-7-15(17)19(23-13-11-21-12-14-23)20-22-16-8-4-6-10-18(16)25-20/h3-10,19,21H,2,11-14H2,1H3. The second kappa shape index (κ2) is 7.52. The Labute approximate surface area is 152 Å². The van der Waals surface area contributed by atoms with Crippen molar-refractivity contribution in [3.63, 3.8) is 0 Å². The molecule has 1 aliphatic rings. The van der Waals surface area contributed by atoms with E-state index in [4.69, 9.17) is 9.72 Å². The number of nitrogens with zero attached hydrogens (tertiary/aromatic N) is 2. The number of benzene rings is 2. The van der Waals surface area contributed by atoms with Crippen LogP contribution in [0.1, 0.15) is 23.5 Å². The van der Waals surface area contributed by atoms with E-state index in [1.807, 2.05) is 13.0 Å². The van der Waals surface area contributed by atoms with Gasteiger partial charge in [0.1, 0.15) is 10.8 Å². The molecule has 1 saturated heterocycles. The normalized spacial score (nSPS) is 16.8. The molecule has 5 heteroatoms. The summed E-state index contributed by atoms with van der Waals surface area (Å²) in [5.41, 5.74) is 2.29. The van der Waals surface area contributed by atoms with Crippen LogP contribution in [-0.4, -0.2) is 42.7 Å². The second-order valence-electron chi connectivity index (χ2n) is 6.18. The first-order valence-electron chi connectivity index (χ1n) is 8.89. The third-order valence-electron chi connectivity index (χ3n) is 4.57. The highest BCUT2D eigenvalue weighted by molar-refractivity contribution is 7.18. The van der Waals surface area contributed by atoms with Crippen molar-refractivity contribution >= 4 is 21.6 Å². The zero-order valence-electron chi connectivity index (χ0n) is 14.4. The highest BCUT2D eigenvalue weighted by atomic mass is 32.1. The lowest BCUT2D eigenvalue weighted by atomic mass is 10.0. The van der Waals surface area contributed by atoms with Gasteiger partial charge in [0.25, 0.3) is 0 Å². The van der Waals surface area contributed by atoms with Crippen molar-refractivity contribution in [3.8, 4) is 5.75 Å². The van der Waals surface area contributed by atoms with Crippen molar-refractivity contribution in [1.29, 1.82) is 0 Å². The van der Waals surface area contributed by atoms with E-state index in [2.05, 4.69) is 52.7 Å². The first kappa shape index (κ1) is 16.5. The maximum absolute atomic E-state index is 5.94. The Hall–Kier alpha value is -1.95. The fourth-order valence-electron chi connectivity index (χ4n) is 3.43.